The van der Waals surface area contributed by atoms with Gasteiger partial charge in [0.1, 0.15) is 0 Å². The Bertz CT molecular complexity index is 458. The summed E-state index contributed by atoms with van der Waals surface area (Å²) in [4.78, 5) is 4.41. The number of benzene rings is 1. The fraction of sp³-hybridized carbons (Fsp3) is 0.308. The van der Waals surface area contributed by atoms with Gasteiger partial charge in [0.2, 0.25) is 0 Å². The van der Waals surface area contributed by atoms with Crippen molar-refractivity contribution >= 4 is 22.5 Å². The van der Waals surface area contributed by atoms with Crippen LogP contribution in [0.5, 0.6) is 0 Å². The first-order valence-corrected chi connectivity index (χ1v) is 5.58. The van der Waals surface area contributed by atoms with E-state index in [1.54, 1.807) is 0 Å². The van der Waals surface area contributed by atoms with Crippen LogP contribution in [-0.2, 0) is 0 Å². The van der Waals surface area contributed by atoms with E-state index < -0.39 is 0 Å². The van der Waals surface area contributed by atoms with Crippen molar-refractivity contribution in [2.24, 2.45) is 0 Å². The Morgan fingerprint density at radius 1 is 1.07 bits per heavy atom. The van der Waals surface area contributed by atoms with Crippen LogP contribution in [0.2, 0.25) is 5.02 Å². The maximum Gasteiger partial charge on any atom is 0.0722 e. The first-order valence-electron chi connectivity index (χ1n) is 5.20. The largest absolute Gasteiger partial charge is 0.253 e. The van der Waals surface area contributed by atoms with Crippen LogP contribution in [0.3, 0.4) is 0 Å². The predicted octanol–water partition coefficient (Wildman–Crippen LogP) is 4.53. The topological polar surface area (TPSA) is 12.9 Å². The second-order valence-corrected chi connectivity index (χ2v) is 3.68. The van der Waals surface area contributed by atoms with Crippen LogP contribution in [0.15, 0.2) is 24.3 Å². The Morgan fingerprint density at radius 2 is 1.73 bits per heavy atom. The summed E-state index contributed by atoms with van der Waals surface area (Å²) in [6.45, 7) is 8.08. The van der Waals surface area contributed by atoms with Gasteiger partial charge in [-0.15, -0.1) is 0 Å². The first kappa shape index (κ1) is 12.0. The van der Waals surface area contributed by atoms with Crippen molar-refractivity contribution in [2.75, 3.05) is 0 Å². The van der Waals surface area contributed by atoms with Crippen LogP contribution in [0.25, 0.3) is 10.9 Å². The Balaban J connectivity index is 0.000000531. The maximum atomic E-state index is 5.88. The quantitative estimate of drug-likeness (QED) is 0.637. The molecule has 0 aliphatic carbocycles. The average Bonchev–Trinajstić information content (AvgIpc) is 2.19. The molecule has 0 aliphatic rings. The molecule has 0 fully saturated rings. The fourth-order valence-electron chi connectivity index (χ4n) is 1.54. The van der Waals surface area contributed by atoms with Gasteiger partial charge in [0.15, 0.2) is 0 Å². The van der Waals surface area contributed by atoms with E-state index in [1.165, 1.54) is 10.9 Å². The van der Waals surface area contributed by atoms with Crippen LogP contribution in [-0.4, -0.2) is 4.98 Å². The zero-order chi connectivity index (χ0) is 11.4. The Labute approximate surface area is 96.1 Å². The van der Waals surface area contributed by atoms with Crippen molar-refractivity contribution in [1.82, 2.24) is 4.98 Å². The zero-order valence-electron chi connectivity index (χ0n) is 9.63. The molecule has 0 spiro atoms. The van der Waals surface area contributed by atoms with Gasteiger partial charge in [-0.2, -0.15) is 0 Å². The van der Waals surface area contributed by atoms with Gasteiger partial charge in [-0.25, -0.2) is 0 Å². The number of aromatic nitrogens is 1. The van der Waals surface area contributed by atoms with Crippen molar-refractivity contribution in [1.29, 1.82) is 0 Å². The maximum absolute atomic E-state index is 5.88. The monoisotopic (exact) mass is 221 g/mol. The predicted molar refractivity (Wildman–Crippen MR) is 67.6 cm³/mol. The lowest BCUT2D eigenvalue weighted by Crippen LogP contribution is -1.86. The third kappa shape index (κ3) is 2.69. The summed E-state index contributed by atoms with van der Waals surface area (Å²) in [7, 11) is 0. The van der Waals surface area contributed by atoms with Gasteiger partial charge in [0.05, 0.1) is 5.52 Å². The van der Waals surface area contributed by atoms with Crippen molar-refractivity contribution in [2.45, 2.75) is 27.7 Å². The molecule has 1 heterocycles. The normalized spacial score (nSPS) is 9.67. The number of aryl methyl sites for hydroxylation is 2. The number of nitrogens with zero attached hydrogens (tertiary/aromatic N) is 1. The minimum Gasteiger partial charge on any atom is -0.253 e. The third-order valence-electron chi connectivity index (χ3n) is 2.11. The van der Waals surface area contributed by atoms with E-state index in [1.807, 2.05) is 39.0 Å². The van der Waals surface area contributed by atoms with Gasteiger partial charge in [0, 0.05) is 16.1 Å². The molecule has 2 rings (SSSR count). The summed E-state index contributed by atoms with van der Waals surface area (Å²) < 4.78 is 0. The van der Waals surface area contributed by atoms with Gasteiger partial charge in [-0.1, -0.05) is 31.5 Å². The molecule has 1 nitrogen and oxygen atoms in total. The van der Waals surface area contributed by atoms with Crippen LogP contribution in [0, 0.1) is 13.8 Å². The van der Waals surface area contributed by atoms with E-state index in [2.05, 4.69) is 18.0 Å². The standard InChI is InChI=1S/C11H10ClN.C2H6/c1-7-5-8(2)13-11-6-9(12)3-4-10(7)11;1-2/h3-6H,1-2H3;1-2H3. The highest BCUT2D eigenvalue weighted by Gasteiger charge is 2.00. The molecule has 0 aliphatic heterocycles. The van der Waals surface area contributed by atoms with Crippen molar-refractivity contribution < 1.29 is 0 Å². The molecular weight excluding hydrogens is 206 g/mol. The second-order valence-electron chi connectivity index (χ2n) is 3.24. The molecule has 0 saturated heterocycles. The van der Waals surface area contributed by atoms with Crippen LogP contribution >= 0.6 is 11.6 Å². The van der Waals surface area contributed by atoms with E-state index in [-0.39, 0.29) is 0 Å². The van der Waals surface area contributed by atoms with E-state index in [0.29, 0.717) is 0 Å². The Morgan fingerprint density at radius 3 is 2.40 bits per heavy atom. The van der Waals surface area contributed by atoms with Crippen molar-refractivity contribution in [3.8, 4) is 0 Å². The van der Waals surface area contributed by atoms with Crippen LogP contribution in [0.1, 0.15) is 25.1 Å². The summed E-state index contributed by atoms with van der Waals surface area (Å²) in [5.41, 5.74) is 3.26. The molecule has 1 aromatic heterocycles. The third-order valence-corrected chi connectivity index (χ3v) is 2.34. The lowest BCUT2D eigenvalue weighted by Gasteiger charge is -2.03. The number of halogens is 1. The van der Waals surface area contributed by atoms with Gasteiger partial charge in [-0.05, 0) is 37.6 Å². The molecule has 0 atom stereocenters. The molecule has 0 bridgehead atoms. The van der Waals surface area contributed by atoms with E-state index >= 15 is 0 Å². The van der Waals surface area contributed by atoms with Crippen LogP contribution < -0.4 is 0 Å². The number of hydrogen-bond donors (Lipinski definition) is 0. The zero-order valence-corrected chi connectivity index (χ0v) is 10.4. The summed E-state index contributed by atoms with van der Waals surface area (Å²) >= 11 is 5.88. The molecule has 0 N–H and O–H groups in total. The van der Waals surface area contributed by atoms with Crippen molar-refractivity contribution in [3.05, 3.63) is 40.5 Å². The minimum absolute atomic E-state index is 0.741. The highest BCUT2D eigenvalue weighted by molar-refractivity contribution is 6.31. The molecule has 0 unspecified atom stereocenters. The van der Waals surface area contributed by atoms with Gasteiger partial charge >= 0.3 is 0 Å². The molecule has 0 saturated carbocycles. The van der Waals surface area contributed by atoms with Crippen molar-refractivity contribution in [3.63, 3.8) is 0 Å². The van der Waals surface area contributed by atoms with E-state index in [4.69, 9.17) is 11.6 Å². The number of rotatable bonds is 0. The number of pyridine rings is 1. The smallest absolute Gasteiger partial charge is 0.0722 e. The highest BCUT2D eigenvalue weighted by atomic mass is 35.5. The highest BCUT2D eigenvalue weighted by Crippen LogP contribution is 2.21. The fourth-order valence-corrected chi connectivity index (χ4v) is 1.71. The van der Waals surface area contributed by atoms with Gasteiger partial charge in [0.25, 0.3) is 0 Å². The number of hydrogen-bond acceptors (Lipinski definition) is 1. The minimum atomic E-state index is 0.741. The summed E-state index contributed by atoms with van der Waals surface area (Å²) in [6, 6.07) is 7.89. The van der Waals surface area contributed by atoms with Gasteiger partial charge < -0.3 is 0 Å². The molecule has 15 heavy (non-hydrogen) atoms. The first-order chi connectivity index (χ1) is 7.16. The molecular formula is C13H16ClN. The lowest BCUT2D eigenvalue weighted by atomic mass is 10.1. The summed E-state index contributed by atoms with van der Waals surface area (Å²) in [6.07, 6.45) is 0. The Hall–Kier alpha value is -1.08. The molecule has 80 valence electrons. The average molecular weight is 222 g/mol. The molecule has 1 aromatic carbocycles. The molecule has 2 heteroatoms. The SMILES string of the molecule is CC.Cc1cc(C)c2ccc(Cl)cc2n1. The Kier molecular flexibility index (Phi) is 4.10. The van der Waals surface area contributed by atoms with Gasteiger partial charge in [-0.3, -0.25) is 4.98 Å². The summed E-state index contributed by atoms with van der Waals surface area (Å²) in [5, 5.41) is 1.92. The lowest BCUT2D eigenvalue weighted by molar-refractivity contribution is 1.23. The molecule has 0 radical (unpaired) electrons. The molecule has 0 amide bonds. The number of fused-ring (bicyclic) bond motifs is 1. The van der Waals surface area contributed by atoms with E-state index in [9.17, 15) is 0 Å². The molecule has 2 aromatic rings. The summed E-state index contributed by atoms with van der Waals surface area (Å²) in [5.74, 6) is 0. The van der Waals surface area contributed by atoms with E-state index in [0.717, 1.165) is 16.2 Å². The van der Waals surface area contributed by atoms with Crippen LogP contribution in [0.4, 0.5) is 0 Å². The second kappa shape index (κ2) is 5.13.